The van der Waals surface area contributed by atoms with E-state index < -0.39 is 23.6 Å². The first kappa shape index (κ1) is 10.6. The Morgan fingerprint density at radius 2 is 1.77 bits per heavy atom. The van der Waals surface area contributed by atoms with Crippen molar-refractivity contribution in [2.75, 3.05) is 0 Å². The first-order chi connectivity index (χ1) is 5.82. The van der Waals surface area contributed by atoms with Gasteiger partial charge in [-0.15, -0.1) is 0 Å². The van der Waals surface area contributed by atoms with Crippen LogP contribution in [0.3, 0.4) is 0 Å². The van der Waals surface area contributed by atoms with E-state index in [1.54, 1.807) is 20.8 Å². The highest BCUT2D eigenvalue weighted by atomic mass is 16.7. The van der Waals surface area contributed by atoms with Crippen molar-refractivity contribution in [3.8, 4) is 0 Å². The molecule has 4 heteroatoms. The summed E-state index contributed by atoms with van der Waals surface area (Å²) in [7, 11) is 0. The first-order valence-corrected chi connectivity index (χ1v) is 4.36. The van der Waals surface area contributed by atoms with E-state index in [0.717, 1.165) is 0 Å². The predicted octanol–water partition coefficient (Wildman–Crippen LogP) is 0.476. The second kappa shape index (κ2) is 3.04. The van der Waals surface area contributed by atoms with E-state index in [-0.39, 0.29) is 0 Å². The molecule has 4 nitrogen and oxygen atoms in total. The fourth-order valence-electron chi connectivity index (χ4n) is 1.28. The van der Waals surface area contributed by atoms with Crippen LogP contribution in [-0.4, -0.2) is 35.0 Å². The summed E-state index contributed by atoms with van der Waals surface area (Å²) in [5.74, 6) is -1.32. The topological polar surface area (TPSA) is 55.8 Å². The van der Waals surface area contributed by atoms with Crippen LogP contribution >= 0.6 is 0 Å². The van der Waals surface area contributed by atoms with Gasteiger partial charge in [0.25, 0.3) is 0 Å². The lowest BCUT2D eigenvalue weighted by Crippen LogP contribution is -2.60. The maximum absolute atomic E-state index is 10.8. The third kappa shape index (κ3) is 1.75. The van der Waals surface area contributed by atoms with Crippen LogP contribution in [0, 0.1) is 0 Å². The molecule has 0 saturated carbocycles. The molecule has 0 aromatic heterocycles. The van der Waals surface area contributed by atoms with Crippen LogP contribution in [-0.2, 0) is 14.3 Å². The molecule has 1 heterocycles. The lowest BCUT2D eigenvalue weighted by atomic mass is 9.98. The third-order valence-electron chi connectivity index (χ3n) is 2.64. The number of hydrogen-bond donors (Lipinski definition) is 1. The number of aldehydes is 1. The van der Waals surface area contributed by atoms with Crippen LogP contribution in [0.25, 0.3) is 0 Å². The molecule has 4 atom stereocenters. The quantitative estimate of drug-likeness (QED) is 0.608. The Morgan fingerprint density at radius 3 is 2.23 bits per heavy atom. The van der Waals surface area contributed by atoms with Crippen molar-refractivity contribution >= 4 is 6.29 Å². The number of ether oxygens (including phenoxy) is 2. The van der Waals surface area contributed by atoms with E-state index in [9.17, 15) is 9.90 Å². The monoisotopic (exact) mass is 188 g/mol. The van der Waals surface area contributed by atoms with Gasteiger partial charge >= 0.3 is 0 Å². The Labute approximate surface area is 77.8 Å². The molecule has 1 saturated heterocycles. The van der Waals surface area contributed by atoms with Gasteiger partial charge in [-0.2, -0.15) is 0 Å². The number of hydrogen-bond acceptors (Lipinski definition) is 4. The highest BCUT2D eigenvalue weighted by Crippen LogP contribution is 2.32. The van der Waals surface area contributed by atoms with E-state index >= 15 is 0 Å². The first-order valence-electron chi connectivity index (χ1n) is 4.36. The fraction of sp³-hybridized carbons (Fsp3) is 0.889. The molecule has 1 N–H and O–H groups in total. The van der Waals surface area contributed by atoms with Gasteiger partial charge < -0.3 is 19.4 Å². The standard InChI is InChI=1S/C9H16O4/c1-6-8(3,5-10)12-7(2)9(4,11)13-6/h5-7,11H,1-4H3/t6-,7?,8?,9?/m1/s1. The zero-order valence-electron chi connectivity index (χ0n) is 8.40. The zero-order chi connectivity index (χ0) is 10.3. The second-order valence-corrected chi connectivity index (χ2v) is 3.88. The molecule has 0 radical (unpaired) electrons. The Kier molecular flexibility index (Phi) is 2.49. The maximum atomic E-state index is 10.8. The smallest absolute Gasteiger partial charge is 0.189 e. The molecule has 13 heavy (non-hydrogen) atoms. The molecule has 1 rings (SSSR count). The molecule has 3 unspecified atom stereocenters. The lowest BCUT2D eigenvalue weighted by molar-refractivity contribution is -0.348. The average molecular weight is 188 g/mol. The molecular weight excluding hydrogens is 172 g/mol. The van der Waals surface area contributed by atoms with Gasteiger partial charge in [0.1, 0.15) is 11.7 Å². The van der Waals surface area contributed by atoms with Crippen LogP contribution in [0.5, 0.6) is 0 Å². The number of aliphatic hydroxyl groups is 1. The second-order valence-electron chi connectivity index (χ2n) is 3.88. The molecule has 0 aliphatic carbocycles. The molecule has 76 valence electrons. The average Bonchev–Trinajstić information content (AvgIpc) is 2.01. The summed E-state index contributed by atoms with van der Waals surface area (Å²) < 4.78 is 10.7. The van der Waals surface area contributed by atoms with Crippen molar-refractivity contribution in [3.63, 3.8) is 0 Å². The summed E-state index contributed by atoms with van der Waals surface area (Å²) in [6, 6.07) is 0. The van der Waals surface area contributed by atoms with Crippen LogP contribution in [0.4, 0.5) is 0 Å². The highest BCUT2D eigenvalue weighted by Gasteiger charge is 2.48. The van der Waals surface area contributed by atoms with E-state index in [2.05, 4.69) is 0 Å². The van der Waals surface area contributed by atoms with E-state index in [0.29, 0.717) is 6.29 Å². The Balaban J connectivity index is 2.85. The molecule has 0 spiro atoms. The largest absolute Gasteiger partial charge is 0.364 e. The summed E-state index contributed by atoms with van der Waals surface area (Å²) in [6.07, 6.45) is -0.251. The number of carbonyl (C=O) groups is 1. The minimum Gasteiger partial charge on any atom is -0.364 e. The van der Waals surface area contributed by atoms with E-state index in [1.807, 2.05) is 0 Å². The van der Waals surface area contributed by atoms with Gasteiger partial charge in [-0.05, 0) is 27.7 Å². The molecule has 0 aromatic carbocycles. The Hall–Kier alpha value is -0.450. The molecular formula is C9H16O4. The SMILES string of the molecule is CC1OC(C)(C=O)[C@@H](C)OC1(C)O. The van der Waals surface area contributed by atoms with E-state index in [4.69, 9.17) is 9.47 Å². The Bertz CT molecular complexity index is 214. The van der Waals surface area contributed by atoms with Gasteiger partial charge in [0.2, 0.25) is 0 Å². The predicted molar refractivity (Wildman–Crippen MR) is 46.2 cm³/mol. The van der Waals surface area contributed by atoms with Crippen molar-refractivity contribution in [2.45, 2.75) is 51.3 Å². The molecule has 1 aliphatic rings. The fourth-order valence-corrected chi connectivity index (χ4v) is 1.28. The molecule has 0 aromatic rings. The zero-order valence-corrected chi connectivity index (χ0v) is 8.40. The van der Waals surface area contributed by atoms with Gasteiger partial charge in [-0.3, -0.25) is 0 Å². The molecule has 1 fully saturated rings. The summed E-state index contributed by atoms with van der Waals surface area (Å²) in [5.41, 5.74) is -0.957. The van der Waals surface area contributed by atoms with Crippen LogP contribution in [0.1, 0.15) is 27.7 Å². The van der Waals surface area contributed by atoms with Crippen LogP contribution in [0.15, 0.2) is 0 Å². The minimum absolute atomic E-state index is 0.448. The van der Waals surface area contributed by atoms with E-state index in [1.165, 1.54) is 6.92 Å². The van der Waals surface area contributed by atoms with Crippen molar-refractivity contribution in [1.82, 2.24) is 0 Å². The highest BCUT2D eigenvalue weighted by molar-refractivity contribution is 5.63. The maximum Gasteiger partial charge on any atom is 0.189 e. The molecule has 0 bridgehead atoms. The van der Waals surface area contributed by atoms with Gasteiger partial charge in [0.15, 0.2) is 12.1 Å². The van der Waals surface area contributed by atoms with Crippen molar-refractivity contribution in [1.29, 1.82) is 0 Å². The summed E-state index contributed by atoms with van der Waals surface area (Å²) in [4.78, 5) is 10.8. The van der Waals surface area contributed by atoms with Gasteiger partial charge in [0, 0.05) is 0 Å². The van der Waals surface area contributed by atoms with Crippen LogP contribution < -0.4 is 0 Å². The summed E-state index contributed by atoms with van der Waals surface area (Å²) in [6.45, 7) is 6.55. The summed E-state index contributed by atoms with van der Waals surface area (Å²) in [5, 5.41) is 9.68. The van der Waals surface area contributed by atoms with Crippen molar-refractivity contribution in [3.05, 3.63) is 0 Å². The van der Waals surface area contributed by atoms with Gasteiger partial charge in [0.05, 0.1) is 6.10 Å². The van der Waals surface area contributed by atoms with Crippen molar-refractivity contribution in [2.24, 2.45) is 0 Å². The normalized spacial score (nSPS) is 51.8. The van der Waals surface area contributed by atoms with Gasteiger partial charge in [-0.25, -0.2) is 0 Å². The summed E-state index contributed by atoms with van der Waals surface area (Å²) >= 11 is 0. The molecule has 0 amide bonds. The molecule has 1 aliphatic heterocycles. The lowest BCUT2D eigenvalue weighted by Gasteiger charge is -2.46. The Morgan fingerprint density at radius 1 is 1.23 bits per heavy atom. The van der Waals surface area contributed by atoms with Crippen molar-refractivity contribution < 1.29 is 19.4 Å². The number of carbonyl (C=O) groups excluding carboxylic acids is 1. The number of rotatable bonds is 1. The minimum atomic E-state index is -1.32. The van der Waals surface area contributed by atoms with Gasteiger partial charge in [-0.1, -0.05) is 0 Å². The third-order valence-corrected chi connectivity index (χ3v) is 2.64. The van der Waals surface area contributed by atoms with Crippen LogP contribution in [0.2, 0.25) is 0 Å².